The van der Waals surface area contributed by atoms with Gasteiger partial charge in [0, 0.05) is 0 Å². The van der Waals surface area contributed by atoms with Crippen LogP contribution in [0.4, 0.5) is 0 Å². The molecule has 0 aliphatic carbocycles. The summed E-state index contributed by atoms with van der Waals surface area (Å²) in [5.41, 5.74) is 0. The molecule has 0 unspecified atom stereocenters. The zero-order valence-corrected chi connectivity index (χ0v) is 10.6. The third kappa shape index (κ3) is 6.02. The molecule has 0 saturated carbocycles. The van der Waals surface area contributed by atoms with Crippen molar-refractivity contribution < 1.29 is 9.05 Å². The minimum absolute atomic E-state index is 0. The van der Waals surface area contributed by atoms with Gasteiger partial charge in [-0.05, 0) is 0 Å². The minimum atomic E-state index is -1.34. The summed E-state index contributed by atoms with van der Waals surface area (Å²) in [6.45, 7) is 0. The van der Waals surface area contributed by atoms with Crippen molar-refractivity contribution in [3.05, 3.63) is 0 Å². The van der Waals surface area contributed by atoms with Crippen LogP contribution in [0.1, 0.15) is 0 Å². The zero-order chi connectivity index (χ0) is 5.91. The van der Waals surface area contributed by atoms with Crippen LogP contribution in [0.25, 0.3) is 0 Å². The molecule has 0 aromatic heterocycles. The Morgan fingerprint density at radius 2 is 1.62 bits per heavy atom. The summed E-state index contributed by atoms with van der Waals surface area (Å²) in [7, 11) is 3.36. The van der Waals surface area contributed by atoms with E-state index < -0.39 is 2.63 Å². The molecule has 6 heteroatoms. The number of hydrogen-bond donors (Lipinski definition) is 1. The molecule has 52 valence electrons. The molecule has 0 aromatic carbocycles. The summed E-state index contributed by atoms with van der Waals surface area (Å²) >= 11 is 3.55. The van der Waals surface area contributed by atoms with Gasteiger partial charge in [-0.1, -0.05) is 0 Å². The summed E-state index contributed by atoms with van der Waals surface area (Å²) in [4.78, 5) is 0. The fourth-order valence-electron chi connectivity index (χ4n) is 0.0745. The maximum atomic E-state index is 5.00. The van der Waals surface area contributed by atoms with Gasteiger partial charge in [0.2, 0.25) is 0 Å². The maximum Gasteiger partial charge on any atom is -0.344 e. The zero-order valence-electron chi connectivity index (χ0n) is 4.83. The van der Waals surface area contributed by atoms with E-state index in [-0.39, 0.29) is 6.15 Å². The van der Waals surface area contributed by atoms with Gasteiger partial charge in [-0.25, -0.2) is 0 Å². The molecule has 0 heterocycles. The van der Waals surface area contributed by atoms with E-state index in [1.54, 1.807) is 36.0 Å². The van der Waals surface area contributed by atoms with Gasteiger partial charge in [0.05, 0.1) is 0 Å². The summed E-state index contributed by atoms with van der Waals surface area (Å²) in [5, 5.41) is 0. The maximum absolute atomic E-state index is 5.00. The molecule has 0 aliphatic heterocycles. The minimum Gasteiger partial charge on any atom is -0.344 e. The van der Waals surface area contributed by atoms with Crippen LogP contribution in [-0.4, -0.2) is 57.2 Å². The first-order valence-electron chi connectivity index (χ1n) is 1.56. The Hall–Kier alpha value is 1.89. The standard InChI is InChI=1S/C2H7O2PTe2.H3N/c1-3-5(6,7)4-2;/h1-2H3,(H,6,7);1H3. The van der Waals surface area contributed by atoms with Gasteiger partial charge in [0.25, 0.3) is 0 Å². The van der Waals surface area contributed by atoms with Crippen molar-refractivity contribution >= 4 is 45.6 Å². The SMILES string of the molecule is COP(=[Te])([TeH])OC.N. The topological polar surface area (TPSA) is 53.5 Å². The van der Waals surface area contributed by atoms with E-state index in [4.69, 9.17) is 9.05 Å². The molecular formula is C2H10NO2PTe2. The van der Waals surface area contributed by atoms with Crippen molar-refractivity contribution in [2.24, 2.45) is 0 Å². The van der Waals surface area contributed by atoms with Crippen molar-refractivity contribution in [1.82, 2.24) is 6.15 Å². The fraction of sp³-hybridized carbons (Fsp3) is 1.00. The van der Waals surface area contributed by atoms with Gasteiger partial charge < -0.3 is 6.15 Å². The summed E-state index contributed by atoms with van der Waals surface area (Å²) in [6, 6.07) is 0. The molecule has 0 rings (SSSR count). The number of hydrogen-bond acceptors (Lipinski definition) is 3. The normalized spacial score (nSPS) is 10.4. The van der Waals surface area contributed by atoms with Crippen molar-refractivity contribution in [3.63, 3.8) is 0 Å². The summed E-state index contributed by atoms with van der Waals surface area (Å²) in [6.07, 6.45) is 0. The monoisotopic (exact) mass is 371 g/mol. The Kier molecular flexibility index (Phi) is 8.88. The average Bonchev–Trinajstić information content (AvgIpc) is 1.68. The first kappa shape index (κ1) is 12.6. The molecule has 0 atom stereocenters. The third-order valence-electron chi connectivity index (χ3n) is 0.461. The second-order valence-electron chi connectivity index (χ2n) is 0.834. The molecule has 0 amide bonds. The predicted molar refractivity (Wildman–Crippen MR) is 38.9 cm³/mol. The molecule has 3 N–H and O–H groups in total. The van der Waals surface area contributed by atoms with Gasteiger partial charge in [0.1, 0.15) is 0 Å². The Bertz CT molecular complexity index is 90.0. The molecular weight excluding hydrogens is 356 g/mol. The molecule has 0 bridgehead atoms. The van der Waals surface area contributed by atoms with Crippen LogP contribution in [0.15, 0.2) is 0 Å². The quantitative estimate of drug-likeness (QED) is 0.561. The van der Waals surface area contributed by atoms with E-state index in [0.717, 1.165) is 0 Å². The first-order valence-corrected chi connectivity index (χ1v) is 9.61. The molecule has 0 fully saturated rings. The first-order chi connectivity index (χ1) is 3.12. The molecule has 0 radical (unpaired) electrons. The van der Waals surface area contributed by atoms with Crippen LogP contribution in [0.5, 0.6) is 0 Å². The van der Waals surface area contributed by atoms with Crippen LogP contribution in [0.3, 0.4) is 0 Å². The van der Waals surface area contributed by atoms with Gasteiger partial charge >= 0.3 is 68.9 Å². The molecule has 3 nitrogen and oxygen atoms in total. The van der Waals surface area contributed by atoms with Crippen LogP contribution in [-0.2, 0) is 9.05 Å². The molecule has 8 heavy (non-hydrogen) atoms. The van der Waals surface area contributed by atoms with E-state index >= 15 is 0 Å². The second kappa shape index (κ2) is 5.66. The van der Waals surface area contributed by atoms with Gasteiger partial charge in [-0.3, -0.25) is 0 Å². The van der Waals surface area contributed by atoms with Crippen LogP contribution < -0.4 is 6.15 Å². The van der Waals surface area contributed by atoms with Crippen molar-refractivity contribution in [2.45, 2.75) is 0 Å². The average molecular weight is 366 g/mol. The van der Waals surface area contributed by atoms with E-state index in [1.807, 2.05) is 21.2 Å². The molecule has 0 saturated heterocycles. The Labute approximate surface area is 74.5 Å². The van der Waals surface area contributed by atoms with Crippen LogP contribution in [0.2, 0.25) is 0 Å². The summed E-state index contributed by atoms with van der Waals surface area (Å²) in [5.74, 6) is 0. The predicted octanol–water partition coefficient (Wildman–Crippen LogP) is 0.188. The van der Waals surface area contributed by atoms with Gasteiger partial charge in [0.15, 0.2) is 0 Å². The third-order valence-corrected chi connectivity index (χ3v) is 6.73. The Morgan fingerprint density at radius 1 is 1.38 bits per heavy atom. The smallest absolute Gasteiger partial charge is 0.344 e. The summed E-state index contributed by atoms with van der Waals surface area (Å²) < 4.78 is 8.66. The van der Waals surface area contributed by atoms with E-state index in [1.165, 1.54) is 0 Å². The van der Waals surface area contributed by atoms with Crippen LogP contribution in [0, 0.1) is 0 Å². The van der Waals surface area contributed by atoms with E-state index in [2.05, 4.69) is 0 Å². The Morgan fingerprint density at radius 3 is 1.62 bits per heavy atom. The fourth-order valence-corrected chi connectivity index (χ4v) is 0.224. The molecule has 0 spiro atoms. The van der Waals surface area contributed by atoms with Gasteiger partial charge in [-0.15, -0.1) is 0 Å². The largest absolute Gasteiger partial charge is 0.344 e. The van der Waals surface area contributed by atoms with E-state index in [9.17, 15) is 0 Å². The molecule has 0 aromatic rings. The Balaban J connectivity index is 0. The van der Waals surface area contributed by atoms with Crippen molar-refractivity contribution in [1.29, 1.82) is 0 Å². The molecule has 0 aliphatic rings. The number of rotatable bonds is 2. The van der Waals surface area contributed by atoms with Crippen LogP contribution >= 0.6 is 2.63 Å². The van der Waals surface area contributed by atoms with E-state index in [0.29, 0.717) is 0 Å². The van der Waals surface area contributed by atoms with Crippen molar-refractivity contribution in [2.75, 3.05) is 14.2 Å². The second-order valence-corrected chi connectivity index (χ2v) is 18.6. The van der Waals surface area contributed by atoms with Gasteiger partial charge in [-0.2, -0.15) is 0 Å². The van der Waals surface area contributed by atoms with Crippen molar-refractivity contribution in [3.8, 4) is 0 Å².